The van der Waals surface area contributed by atoms with Crippen molar-refractivity contribution in [2.45, 2.75) is 38.1 Å². The molecule has 18 heavy (non-hydrogen) atoms. The second-order valence-corrected chi connectivity index (χ2v) is 4.72. The largest absolute Gasteiger partial charge is 0.285 e. The minimum absolute atomic E-state index is 0.00771. The highest BCUT2D eigenvalue weighted by molar-refractivity contribution is 5.91. The average molecular weight is 245 g/mol. The predicted molar refractivity (Wildman–Crippen MR) is 71.0 cm³/mol. The van der Waals surface area contributed by atoms with E-state index in [1.54, 1.807) is 6.08 Å². The van der Waals surface area contributed by atoms with Gasteiger partial charge in [-0.3, -0.25) is 10.0 Å². The van der Waals surface area contributed by atoms with Gasteiger partial charge in [-0.25, -0.2) is 5.06 Å². The lowest BCUT2D eigenvalue weighted by molar-refractivity contribution is -0.172. The van der Waals surface area contributed by atoms with Crippen LogP contribution in [0.15, 0.2) is 36.4 Å². The Morgan fingerprint density at radius 3 is 2.50 bits per heavy atom. The quantitative estimate of drug-likeness (QED) is 0.504. The number of nitrogens with zero attached hydrogens (tertiary/aromatic N) is 1. The van der Waals surface area contributed by atoms with E-state index >= 15 is 0 Å². The molecule has 0 aromatic heterocycles. The van der Waals surface area contributed by atoms with Crippen LogP contribution in [0.5, 0.6) is 0 Å². The zero-order valence-corrected chi connectivity index (χ0v) is 10.5. The Labute approximate surface area is 108 Å². The van der Waals surface area contributed by atoms with Crippen molar-refractivity contribution in [1.82, 2.24) is 5.06 Å². The summed E-state index contributed by atoms with van der Waals surface area (Å²) in [5, 5.41) is 10.8. The van der Waals surface area contributed by atoms with Gasteiger partial charge in [0.05, 0.1) is 6.04 Å². The Kier molecular flexibility index (Phi) is 4.53. The lowest BCUT2D eigenvalue weighted by Crippen LogP contribution is -2.37. The van der Waals surface area contributed by atoms with Crippen molar-refractivity contribution in [2.75, 3.05) is 0 Å². The van der Waals surface area contributed by atoms with Gasteiger partial charge in [-0.15, -0.1) is 0 Å². The number of carbonyl (C=O) groups excluding carboxylic acids is 1. The van der Waals surface area contributed by atoms with Crippen molar-refractivity contribution in [3.05, 3.63) is 42.0 Å². The van der Waals surface area contributed by atoms with Crippen LogP contribution in [0.1, 0.15) is 37.7 Å². The summed E-state index contributed by atoms with van der Waals surface area (Å²) in [6, 6.07) is 9.61. The van der Waals surface area contributed by atoms with E-state index in [2.05, 4.69) is 0 Å². The van der Waals surface area contributed by atoms with Gasteiger partial charge in [0.1, 0.15) is 0 Å². The third-order valence-corrected chi connectivity index (χ3v) is 3.36. The maximum absolute atomic E-state index is 11.8. The monoisotopic (exact) mass is 245 g/mol. The average Bonchev–Trinajstić information content (AvgIpc) is 2.46. The molecule has 1 aliphatic carbocycles. The summed E-state index contributed by atoms with van der Waals surface area (Å²) in [5.41, 5.74) is 0.961. The molecule has 0 heterocycles. The molecule has 96 valence electrons. The van der Waals surface area contributed by atoms with Crippen molar-refractivity contribution < 1.29 is 10.0 Å². The fourth-order valence-electron chi connectivity index (χ4n) is 2.31. The van der Waals surface area contributed by atoms with Gasteiger partial charge in [0, 0.05) is 6.08 Å². The third kappa shape index (κ3) is 3.44. The second-order valence-electron chi connectivity index (χ2n) is 4.72. The zero-order chi connectivity index (χ0) is 12.8. The van der Waals surface area contributed by atoms with E-state index < -0.39 is 0 Å². The van der Waals surface area contributed by atoms with Crippen LogP contribution in [0, 0.1) is 0 Å². The predicted octanol–water partition coefficient (Wildman–Crippen LogP) is 3.25. The van der Waals surface area contributed by atoms with Crippen LogP contribution in [-0.4, -0.2) is 22.2 Å². The van der Waals surface area contributed by atoms with Crippen LogP contribution in [0.3, 0.4) is 0 Å². The fraction of sp³-hybridized carbons (Fsp3) is 0.400. The molecule has 1 N–H and O–H groups in total. The summed E-state index contributed by atoms with van der Waals surface area (Å²) in [5.74, 6) is -0.328. The SMILES string of the molecule is O=C(C=Cc1ccccc1)N(O)C1CCCCC1. The summed E-state index contributed by atoms with van der Waals surface area (Å²) in [4.78, 5) is 11.8. The van der Waals surface area contributed by atoms with Gasteiger partial charge in [-0.05, 0) is 24.5 Å². The molecule has 0 radical (unpaired) electrons. The Morgan fingerprint density at radius 2 is 1.83 bits per heavy atom. The molecule has 2 rings (SSSR count). The van der Waals surface area contributed by atoms with Crippen molar-refractivity contribution in [1.29, 1.82) is 0 Å². The van der Waals surface area contributed by atoms with E-state index in [4.69, 9.17) is 0 Å². The molecule has 1 aromatic carbocycles. The van der Waals surface area contributed by atoms with Crippen molar-refractivity contribution in [3.8, 4) is 0 Å². The van der Waals surface area contributed by atoms with Crippen LogP contribution < -0.4 is 0 Å². The van der Waals surface area contributed by atoms with Crippen LogP contribution in [0.4, 0.5) is 0 Å². The number of hydroxylamine groups is 2. The van der Waals surface area contributed by atoms with Crippen LogP contribution in [-0.2, 0) is 4.79 Å². The molecular weight excluding hydrogens is 226 g/mol. The summed E-state index contributed by atoms with van der Waals surface area (Å²) in [6.07, 6.45) is 8.37. The minimum atomic E-state index is -0.328. The van der Waals surface area contributed by atoms with E-state index in [0.29, 0.717) is 0 Å². The molecule has 1 amide bonds. The Hall–Kier alpha value is -1.61. The molecule has 0 bridgehead atoms. The first-order valence-corrected chi connectivity index (χ1v) is 6.52. The molecular formula is C15H19NO2. The van der Waals surface area contributed by atoms with Crippen LogP contribution in [0.25, 0.3) is 6.08 Å². The van der Waals surface area contributed by atoms with Gasteiger partial charge < -0.3 is 0 Å². The van der Waals surface area contributed by atoms with Gasteiger partial charge in [-0.2, -0.15) is 0 Å². The summed E-state index contributed by atoms with van der Waals surface area (Å²) >= 11 is 0. The summed E-state index contributed by atoms with van der Waals surface area (Å²) in [6.45, 7) is 0. The van der Waals surface area contributed by atoms with Crippen molar-refractivity contribution >= 4 is 12.0 Å². The van der Waals surface area contributed by atoms with Crippen LogP contribution >= 0.6 is 0 Å². The van der Waals surface area contributed by atoms with E-state index in [0.717, 1.165) is 36.3 Å². The van der Waals surface area contributed by atoms with E-state index in [-0.39, 0.29) is 11.9 Å². The highest BCUT2D eigenvalue weighted by Gasteiger charge is 2.22. The molecule has 0 aliphatic heterocycles. The topological polar surface area (TPSA) is 40.5 Å². The first kappa shape index (κ1) is 12.8. The lowest BCUT2D eigenvalue weighted by atomic mass is 9.95. The summed E-state index contributed by atoms with van der Waals surface area (Å²) < 4.78 is 0. The number of hydrogen-bond donors (Lipinski definition) is 1. The number of benzene rings is 1. The number of amides is 1. The van der Waals surface area contributed by atoms with Gasteiger partial charge in [0.15, 0.2) is 0 Å². The molecule has 0 saturated heterocycles. The lowest BCUT2D eigenvalue weighted by Gasteiger charge is -2.28. The van der Waals surface area contributed by atoms with Crippen LogP contribution in [0.2, 0.25) is 0 Å². The van der Waals surface area contributed by atoms with Gasteiger partial charge in [-0.1, -0.05) is 49.6 Å². The minimum Gasteiger partial charge on any atom is -0.285 e. The first-order chi connectivity index (χ1) is 8.77. The first-order valence-electron chi connectivity index (χ1n) is 6.52. The van der Waals surface area contributed by atoms with Gasteiger partial charge in [0.2, 0.25) is 0 Å². The normalized spacial score (nSPS) is 16.9. The van der Waals surface area contributed by atoms with E-state index in [9.17, 15) is 10.0 Å². The standard InChI is InChI=1S/C15H19NO2/c17-15(12-11-13-7-3-1-4-8-13)16(18)14-9-5-2-6-10-14/h1,3-4,7-8,11-12,14,18H,2,5-6,9-10H2. The third-order valence-electron chi connectivity index (χ3n) is 3.36. The molecule has 3 heteroatoms. The van der Waals surface area contributed by atoms with E-state index in [1.807, 2.05) is 30.3 Å². The highest BCUT2D eigenvalue weighted by Crippen LogP contribution is 2.21. The van der Waals surface area contributed by atoms with Gasteiger partial charge in [0.25, 0.3) is 5.91 Å². The molecule has 1 aliphatic rings. The van der Waals surface area contributed by atoms with E-state index in [1.165, 1.54) is 12.5 Å². The smallest absolute Gasteiger partial charge is 0.270 e. The number of carbonyl (C=O) groups is 1. The molecule has 1 fully saturated rings. The number of hydrogen-bond acceptors (Lipinski definition) is 2. The molecule has 3 nitrogen and oxygen atoms in total. The molecule has 0 unspecified atom stereocenters. The number of rotatable bonds is 3. The molecule has 0 atom stereocenters. The molecule has 1 saturated carbocycles. The highest BCUT2D eigenvalue weighted by atomic mass is 16.5. The second kappa shape index (κ2) is 6.36. The summed E-state index contributed by atoms with van der Waals surface area (Å²) in [7, 11) is 0. The zero-order valence-electron chi connectivity index (χ0n) is 10.5. The Morgan fingerprint density at radius 1 is 1.17 bits per heavy atom. The Bertz CT molecular complexity index is 408. The Balaban J connectivity index is 1.92. The van der Waals surface area contributed by atoms with Crippen molar-refractivity contribution in [2.24, 2.45) is 0 Å². The molecule has 0 spiro atoms. The fourth-order valence-corrected chi connectivity index (χ4v) is 2.31. The maximum Gasteiger partial charge on any atom is 0.270 e. The molecule has 1 aromatic rings. The van der Waals surface area contributed by atoms with Gasteiger partial charge >= 0.3 is 0 Å². The maximum atomic E-state index is 11.8. The van der Waals surface area contributed by atoms with Crippen molar-refractivity contribution in [3.63, 3.8) is 0 Å².